The highest BCUT2D eigenvalue weighted by molar-refractivity contribution is 5.46. The summed E-state index contributed by atoms with van der Waals surface area (Å²) in [5, 5.41) is 18.5. The van der Waals surface area contributed by atoms with Gasteiger partial charge in [-0.3, -0.25) is 10.1 Å². The summed E-state index contributed by atoms with van der Waals surface area (Å²) in [6.07, 6.45) is 2.70. The molecule has 1 unspecified atom stereocenters. The van der Waals surface area contributed by atoms with Crippen LogP contribution >= 0.6 is 0 Å². The molecule has 1 aromatic rings. The van der Waals surface area contributed by atoms with Gasteiger partial charge in [0.1, 0.15) is 12.3 Å². The maximum atomic E-state index is 11.1. The minimum Gasteiger partial charge on any atom is -0.471 e. The first-order valence-corrected chi connectivity index (χ1v) is 6.20. The zero-order valence-electron chi connectivity index (χ0n) is 10.7. The smallest absolute Gasteiger partial charge is 0.353 e. The second kappa shape index (κ2) is 5.34. The zero-order valence-corrected chi connectivity index (χ0v) is 10.7. The van der Waals surface area contributed by atoms with E-state index in [0.29, 0.717) is 18.7 Å². The van der Waals surface area contributed by atoms with E-state index < -0.39 is 4.92 Å². The molecule has 1 saturated heterocycles. The number of aromatic nitrogens is 2. The Hall–Kier alpha value is -1.63. The standard InChI is InChI=1S/C11H18N4O3/c1-3-9-10(15(16)17)11(14(2)13-9)18-7-8-5-4-6-12-8/h8,12H,3-7H2,1-2H3. The van der Waals surface area contributed by atoms with Crippen LogP contribution in [0, 0.1) is 10.1 Å². The first-order chi connectivity index (χ1) is 8.63. The van der Waals surface area contributed by atoms with Crippen LogP contribution in [0.3, 0.4) is 0 Å². The number of aryl methyl sites for hydroxylation is 2. The summed E-state index contributed by atoms with van der Waals surface area (Å²) in [7, 11) is 1.67. The van der Waals surface area contributed by atoms with Crippen LogP contribution < -0.4 is 10.1 Å². The van der Waals surface area contributed by atoms with Crippen LogP contribution in [0.25, 0.3) is 0 Å². The molecule has 1 aliphatic rings. The number of rotatable bonds is 5. The van der Waals surface area contributed by atoms with E-state index in [0.717, 1.165) is 19.4 Å². The fourth-order valence-corrected chi connectivity index (χ4v) is 2.21. The van der Waals surface area contributed by atoms with Gasteiger partial charge in [0.05, 0.1) is 4.92 Å². The van der Waals surface area contributed by atoms with Crippen LogP contribution in [0.5, 0.6) is 5.88 Å². The Bertz CT molecular complexity index is 438. The van der Waals surface area contributed by atoms with Crippen molar-refractivity contribution in [3.8, 4) is 5.88 Å². The highest BCUT2D eigenvalue weighted by atomic mass is 16.6. The molecule has 0 aliphatic carbocycles. The van der Waals surface area contributed by atoms with E-state index in [9.17, 15) is 10.1 Å². The molecule has 0 saturated carbocycles. The van der Waals surface area contributed by atoms with Gasteiger partial charge in [-0.2, -0.15) is 5.10 Å². The Kier molecular flexibility index (Phi) is 3.81. The van der Waals surface area contributed by atoms with Crippen LogP contribution in [-0.2, 0) is 13.5 Å². The van der Waals surface area contributed by atoms with Crippen LogP contribution in [0.1, 0.15) is 25.5 Å². The topological polar surface area (TPSA) is 82.2 Å². The fraction of sp³-hybridized carbons (Fsp3) is 0.727. The first kappa shape index (κ1) is 12.8. The van der Waals surface area contributed by atoms with Crippen LogP contribution in [0.15, 0.2) is 0 Å². The summed E-state index contributed by atoms with van der Waals surface area (Å²) in [6.45, 7) is 3.28. The van der Waals surface area contributed by atoms with Gasteiger partial charge in [-0.25, -0.2) is 4.68 Å². The molecule has 0 aromatic carbocycles. The van der Waals surface area contributed by atoms with Gasteiger partial charge in [0.15, 0.2) is 0 Å². The Labute approximate surface area is 105 Å². The number of hydrogen-bond donors (Lipinski definition) is 1. The first-order valence-electron chi connectivity index (χ1n) is 6.20. The van der Waals surface area contributed by atoms with Gasteiger partial charge in [-0.15, -0.1) is 0 Å². The average Bonchev–Trinajstić information content (AvgIpc) is 2.93. The lowest BCUT2D eigenvalue weighted by Crippen LogP contribution is -2.28. The molecular weight excluding hydrogens is 236 g/mol. The van der Waals surface area contributed by atoms with E-state index in [-0.39, 0.29) is 17.6 Å². The third-order valence-electron chi connectivity index (χ3n) is 3.14. The lowest BCUT2D eigenvalue weighted by molar-refractivity contribution is -0.386. The minimum absolute atomic E-state index is 0.00185. The molecule has 1 N–H and O–H groups in total. The molecule has 18 heavy (non-hydrogen) atoms. The molecule has 1 aliphatic heterocycles. The molecular formula is C11H18N4O3. The largest absolute Gasteiger partial charge is 0.471 e. The molecule has 0 spiro atoms. The highest BCUT2D eigenvalue weighted by Crippen LogP contribution is 2.30. The number of ether oxygens (including phenoxy) is 1. The lowest BCUT2D eigenvalue weighted by Gasteiger charge is -2.11. The maximum Gasteiger partial charge on any atom is 0.353 e. The molecule has 1 atom stereocenters. The maximum absolute atomic E-state index is 11.1. The van der Waals surface area contributed by atoms with Gasteiger partial charge in [-0.1, -0.05) is 6.92 Å². The zero-order chi connectivity index (χ0) is 13.1. The highest BCUT2D eigenvalue weighted by Gasteiger charge is 2.28. The second-order valence-corrected chi connectivity index (χ2v) is 4.44. The van der Waals surface area contributed by atoms with Crippen molar-refractivity contribution in [3.63, 3.8) is 0 Å². The van der Waals surface area contributed by atoms with Crippen molar-refractivity contribution in [3.05, 3.63) is 15.8 Å². The quantitative estimate of drug-likeness (QED) is 0.626. The van der Waals surface area contributed by atoms with Crippen molar-refractivity contribution in [2.24, 2.45) is 7.05 Å². The van der Waals surface area contributed by atoms with E-state index in [2.05, 4.69) is 10.4 Å². The fourth-order valence-electron chi connectivity index (χ4n) is 2.21. The Morgan fingerprint density at radius 3 is 3.00 bits per heavy atom. The molecule has 7 heteroatoms. The molecule has 100 valence electrons. The third kappa shape index (κ3) is 2.45. The van der Waals surface area contributed by atoms with Gasteiger partial charge in [0.2, 0.25) is 0 Å². The molecule has 2 rings (SSSR count). The number of nitrogens with zero attached hydrogens (tertiary/aromatic N) is 3. The normalized spacial score (nSPS) is 19.1. The van der Waals surface area contributed by atoms with E-state index in [1.165, 1.54) is 4.68 Å². The van der Waals surface area contributed by atoms with Gasteiger partial charge in [0.25, 0.3) is 5.88 Å². The molecule has 2 heterocycles. The SMILES string of the molecule is CCc1nn(C)c(OCC2CCCN2)c1[N+](=O)[O-]. The van der Waals surface area contributed by atoms with Crippen molar-refractivity contribution >= 4 is 5.69 Å². The molecule has 1 aromatic heterocycles. The number of nitrogens with one attached hydrogen (secondary N) is 1. The van der Waals surface area contributed by atoms with Gasteiger partial charge in [0, 0.05) is 13.1 Å². The monoisotopic (exact) mass is 254 g/mol. The van der Waals surface area contributed by atoms with Crippen molar-refractivity contribution in [1.82, 2.24) is 15.1 Å². The Balaban J connectivity index is 2.14. The van der Waals surface area contributed by atoms with Gasteiger partial charge < -0.3 is 10.1 Å². The average molecular weight is 254 g/mol. The molecule has 7 nitrogen and oxygen atoms in total. The summed E-state index contributed by atoms with van der Waals surface area (Å²) in [6, 6.07) is 0.282. The van der Waals surface area contributed by atoms with E-state index in [1.54, 1.807) is 7.05 Å². The Morgan fingerprint density at radius 2 is 2.44 bits per heavy atom. The molecule has 0 amide bonds. The van der Waals surface area contributed by atoms with Crippen LogP contribution in [0.4, 0.5) is 5.69 Å². The number of nitro groups is 1. The Morgan fingerprint density at radius 1 is 1.67 bits per heavy atom. The third-order valence-corrected chi connectivity index (χ3v) is 3.14. The summed E-state index contributed by atoms with van der Waals surface area (Å²) in [4.78, 5) is 10.7. The van der Waals surface area contributed by atoms with Crippen LogP contribution in [0.2, 0.25) is 0 Å². The summed E-state index contributed by atoms with van der Waals surface area (Å²) in [5.41, 5.74) is 0.467. The van der Waals surface area contributed by atoms with Gasteiger partial charge in [-0.05, 0) is 25.8 Å². The molecule has 0 radical (unpaired) electrons. The predicted molar refractivity (Wildman–Crippen MR) is 65.8 cm³/mol. The number of hydrogen-bond acceptors (Lipinski definition) is 5. The van der Waals surface area contributed by atoms with E-state index >= 15 is 0 Å². The predicted octanol–water partition coefficient (Wildman–Crippen LogP) is 1.02. The van der Waals surface area contributed by atoms with Crippen molar-refractivity contribution in [2.45, 2.75) is 32.2 Å². The van der Waals surface area contributed by atoms with Crippen molar-refractivity contribution < 1.29 is 9.66 Å². The van der Waals surface area contributed by atoms with Gasteiger partial charge >= 0.3 is 5.69 Å². The van der Waals surface area contributed by atoms with E-state index in [4.69, 9.17) is 4.74 Å². The van der Waals surface area contributed by atoms with Crippen molar-refractivity contribution in [1.29, 1.82) is 0 Å². The summed E-state index contributed by atoms with van der Waals surface area (Å²) in [5.74, 6) is 0.255. The van der Waals surface area contributed by atoms with Crippen LogP contribution in [-0.4, -0.2) is 33.9 Å². The molecule has 0 bridgehead atoms. The second-order valence-electron chi connectivity index (χ2n) is 4.44. The minimum atomic E-state index is -0.413. The summed E-state index contributed by atoms with van der Waals surface area (Å²) < 4.78 is 7.04. The molecule has 1 fully saturated rings. The summed E-state index contributed by atoms with van der Waals surface area (Å²) >= 11 is 0. The van der Waals surface area contributed by atoms with E-state index in [1.807, 2.05) is 6.92 Å². The lowest BCUT2D eigenvalue weighted by atomic mass is 10.2. The van der Waals surface area contributed by atoms with Crippen molar-refractivity contribution in [2.75, 3.05) is 13.2 Å².